The molecule has 1 rings (SSSR count). The van der Waals surface area contributed by atoms with Crippen molar-refractivity contribution >= 4 is 17.5 Å². The van der Waals surface area contributed by atoms with Crippen molar-refractivity contribution in [2.24, 2.45) is 5.92 Å². The van der Waals surface area contributed by atoms with Gasteiger partial charge >= 0.3 is 0 Å². The van der Waals surface area contributed by atoms with Crippen LogP contribution in [0.15, 0.2) is 15.7 Å². The number of Topliss-reactive ketones (excluding diaryl/α,β-unsaturated/α-hetero) is 1. The summed E-state index contributed by atoms with van der Waals surface area (Å²) in [6, 6.07) is 0. The predicted octanol–water partition coefficient (Wildman–Crippen LogP) is 2.24. The number of aromatic nitrogens is 1. The molecule has 0 fully saturated rings. The van der Waals surface area contributed by atoms with E-state index in [0.29, 0.717) is 5.09 Å². The number of nitrogens with zero attached hydrogens (tertiary/aromatic N) is 1. The van der Waals surface area contributed by atoms with Gasteiger partial charge in [-0.15, -0.1) is 0 Å². The molecule has 1 heterocycles. The van der Waals surface area contributed by atoms with Gasteiger partial charge in [0, 0.05) is 5.92 Å². The van der Waals surface area contributed by atoms with Crippen LogP contribution in [0, 0.1) is 5.92 Å². The molecule has 0 aromatic carbocycles. The van der Waals surface area contributed by atoms with Crippen molar-refractivity contribution in [1.82, 2.24) is 4.98 Å². The molecule has 0 aliphatic heterocycles. The number of oxazole rings is 1. The molecule has 0 N–H and O–H groups in total. The molecule has 0 saturated carbocycles. The Morgan fingerprint density at radius 2 is 2.33 bits per heavy atom. The van der Waals surface area contributed by atoms with E-state index in [0.717, 1.165) is 0 Å². The summed E-state index contributed by atoms with van der Waals surface area (Å²) in [6.45, 7) is 3.65. The lowest BCUT2D eigenvalue weighted by Crippen LogP contribution is -2.07. The number of hydrogen-bond donors (Lipinski definition) is 0. The highest BCUT2D eigenvalue weighted by Gasteiger charge is 2.16. The lowest BCUT2D eigenvalue weighted by Gasteiger charge is -1.96. The number of rotatable bonds is 3. The third-order valence-corrected chi connectivity index (χ3v) is 2.01. The number of thioether (sulfide) groups is 1. The Morgan fingerprint density at radius 1 is 1.67 bits per heavy atom. The standard InChI is InChI=1S/C8H11NO2S/c1-5(2)7(10)8-9-4-6(11-8)12-3/h4-5H,1-3H3. The van der Waals surface area contributed by atoms with Gasteiger partial charge < -0.3 is 4.42 Å². The quantitative estimate of drug-likeness (QED) is 0.535. The van der Waals surface area contributed by atoms with Crippen molar-refractivity contribution in [3.05, 3.63) is 12.1 Å². The van der Waals surface area contributed by atoms with E-state index in [-0.39, 0.29) is 17.6 Å². The molecule has 0 radical (unpaired) electrons. The Labute approximate surface area is 75.6 Å². The van der Waals surface area contributed by atoms with Crippen LogP contribution < -0.4 is 0 Å². The summed E-state index contributed by atoms with van der Waals surface area (Å²) in [5, 5.41) is 0.680. The molecular formula is C8H11NO2S. The van der Waals surface area contributed by atoms with Crippen LogP contribution in [0.5, 0.6) is 0 Å². The fourth-order valence-corrected chi connectivity index (χ4v) is 1.03. The van der Waals surface area contributed by atoms with Gasteiger partial charge in [-0.1, -0.05) is 25.6 Å². The summed E-state index contributed by atoms with van der Waals surface area (Å²) < 4.78 is 5.16. The van der Waals surface area contributed by atoms with Crippen molar-refractivity contribution in [3.63, 3.8) is 0 Å². The van der Waals surface area contributed by atoms with Crippen LogP contribution in [0.3, 0.4) is 0 Å². The molecule has 0 aliphatic carbocycles. The van der Waals surface area contributed by atoms with Crippen molar-refractivity contribution in [2.75, 3.05) is 6.26 Å². The van der Waals surface area contributed by atoms with E-state index in [2.05, 4.69) is 4.98 Å². The second kappa shape index (κ2) is 3.76. The Balaban J connectivity index is 2.82. The minimum absolute atomic E-state index is 0.0460. The van der Waals surface area contributed by atoms with E-state index in [1.54, 1.807) is 6.20 Å². The highest BCUT2D eigenvalue weighted by molar-refractivity contribution is 7.98. The van der Waals surface area contributed by atoms with Gasteiger partial charge in [-0.25, -0.2) is 4.98 Å². The zero-order valence-electron chi connectivity index (χ0n) is 7.33. The summed E-state index contributed by atoms with van der Waals surface area (Å²) in [7, 11) is 0. The minimum atomic E-state index is -0.0571. The second-order valence-corrected chi connectivity index (χ2v) is 3.52. The molecule has 0 saturated heterocycles. The first-order chi connectivity index (χ1) is 5.65. The lowest BCUT2D eigenvalue weighted by molar-refractivity contribution is 0.0899. The highest BCUT2D eigenvalue weighted by Crippen LogP contribution is 2.17. The minimum Gasteiger partial charge on any atom is -0.427 e. The van der Waals surface area contributed by atoms with Gasteiger partial charge in [0.25, 0.3) is 5.89 Å². The zero-order chi connectivity index (χ0) is 9.14. The van der Waals surface area contributed by atoms with Crippen LogP contribution in [-0.2, 0) is 0 Å². The van der Waals surface area contributed by atoms with Crippen LogP contribution in [0.25, 0.3) is 0 Å². The van der Waals surface area contributed by atoms with E-state index in [9.17, 15) is 4.79 Å². The van der Waals surface area contributed by atoms with E-state index >= 15 is 0 Å². The van der Waals surface area contributed by atoms with Crippen LogP contribution >= 0.6 is 11.8 Å². The van der Waals surface area contributed by atoms with E-state index in [1.165, 1.54) is 11.8 Å². The number of ketones is 1. The predicted molar refractivity (Wildman–Crippen MR) is 47.5 cm³/mol. The molecule has 0 bridgehead atoms. The summed E-state index contributed by atoms with van der Waals surface area (Å²) >= 11 is 1.44. The van der Waals surface area contributed by atoms with E-state index in [4.69, 9.17) is 4.42 Å². The Kier molecular flexibility index (Phi) is 2.92. The van der Waals surface area contributed by atoms with Gasteiger partial charge in [0.1, 0.15) is 0 Å². The summed E-state index contributed by atoms with van der Waals surface area (Å²) in [6.07, 6.45) is 3.45. The van der Waals surface area contributed by atoms with Crippen molar-refractivity contribution in [2.45, 2.75) is 18.9 Å². The maximum absolute atomic E-state index is 11.3. The normalized spacial score (nSPS) is 10.7. The number of carbonyl (C=O) groups excluding carboxylic acids is 1. The van der Waals surface area contributed by atoms with Gasteiger partial charge in [-0.3, -0.25) is 4.79 Å². The Bertz CT molecular complexity index is 280. The van der Waals surface area contributed by atoms with Gasteiger partial charge in [0.05, 0.1) is 6.20 Å². The molecule has 0 unspecified atom stereocenters. The van der Waals surface area contributed by atoms with Crippen molar-refractivity contribution < 1.29 is 9.21 Å². The van der Waals surface area contributed by atoms with Gasteiger partial charge in [-0.05, 0) is 6.26 Å². The van der Waals surface area contributed by atoms with Crippen molar-refractivity contribution in [1.29, 1.82) is 0 Å². The number of hydrogen-bond acceptors (Lipinski definition) is 4. The molecule has 0 amide bonds. The maximum Gasteiger partial charge on any atom is 0.264 e. The molecule has 0 atom stereocenters. The average molecular weight is 185 g/mol. The van der Waals surface area contributed by atoms with Crippen LogP contribution in [0.4, 0.5) is 0 Å². The van der Waals surface area contributed by atoms with Gasteiger partial charge in [0.2, 0.25) is 5.78 Å². The van der Waals surface area contributed by atoms with Gasteiger partial charge in [-0.2, -0.15) is 0 Å². The lowest BCUT2D eigenvalue weighted by atomic mass is 10.1. The van der Waals surface area contributed by atoms with Crippen LogP contribution in [-0.4, -0.2) is 17.0 Å². The summed E-state index contributed by atoms with van der Waals surface area (Å²) in [4.78, 5) is 15.2. The molecule has 12 heavy (non-hydrogen) atoms. The van der Waals surface area contributed by atoms with Gasteiger partial charge in [0.15, 0.2) is 5.09 Å². The fourth-order valence-electron chi connectivity index (χ4n) is 0.715. The molecule has 4 heteroatoms. The topological polar surface area (TPSA) is 43.1 Å². The summed E-state index contributed by atoms with van der Waals surface area (Å²) in [5.41, 5.74) is 0. The first-order valence-corrected chi connectivity index (χ1v) is 4.91. The molecular weight excluding hydrogens is 174 g/mol. The van der Waals surface area contributed by atoms with Crippen LogP contribution in [0.1, 0.15) is 24.5 Å². The summed E-state index contributed by atoms with van der Waals surface area (Å²) in [5.74, 6) is 0.114. The van der Waals surface area contributed by atoms with E-state index in [1.807, 2.05) is 20.1 Å². The maximum atomic E-state index is 11.3. The smallest absolute Gasteiger partial charge is 0.264 e. The third-order valence-electron chi connectivity index (χ3n) is 1.42. The molecule has 1 aromatic rings. The zero-order valence-corrected chi connectivity index (χ0v) is 8.14. The average Bonchev–Trinajstić information content (AvgIpc) is 2.50. The molecule has 0 spiro atoms. The molecule has 66 valence electrons. The first kappa shape index (κ1) is 9.32. The second-order valence-electron chi connectivity index (χ2n) is 2.71. The number of carbonyl (C=O) groups is 1. The largest absolute Gasteiger partial charge is 0.427 e. The van der Waals surface area contributed by atoms with Crippen LogP contribution in [0.2, 0.25) is 0 Å². The Morgan fingerprint density at radius 3 is 2.75 bits per heavy atom. The molecule has 0 aliphatic rings. The first-order valence-electron chi connectivity index (χ1n) is 3.69. The van der Waals surface area contributed by atoms with E-state index < -0.39 is 0 Å². The fraction of sp³-hybridized carbons (Fsp3) is 0.500. The van der Waals surface area contributed by atoms with Crippen molar-refractivity contribution in [3.8, 4) is 0 Å². The highest BCUT2D eigenvalue weighted by atomic mass is 32.2. The molecule has 1 aromatic heterocycles. The third kappa shape index (κ3) is 1.88. The SMILES string of the molecule is CSc1cnc(C(=O)C(C)C)o1. The monoisotopic (exact) mass is 185 g/mol. The molecule has 3 nitrogen and oxygen atoms in total. The Hall–Kier alpha value is -0.770.